The zero-order valence-corrected chi connectivity index (χ0v) is 15.0. The van der Waals surface area contributed by atoms with Crippen molar-refractivity contribution in [3.05, 3.63) is 51.6 Å². The van der Waals surface area contributed by atoms with Crippen LogP contribution in [-0.4, -0.2) is 27.4 Å². The van der Waals surface area contributed by atoms with E-state index in [4.69, 9.17) is 0 Å². The van der Waals surface area contributed by atoms with Crippen molar-refractivity contribution < 1.29 is 4.79 Å². The monoisotopic (exact) mass is 358 g/mol. The summed E-state index contributed by atoms with van der Waals surface area (Å²) in [6.45, 7) is 2.61. The van der Waals surface area contributed by atoms with E-state index in [0.717, 1.165) is 33.5 Å². The van der Waals surface area contributed by atoms with Gasteiger partial charge in [-0.05, 0) is 25.5 Å². The third kappa shape index (κ3) is 4.69. The Morgan fingerprint density at radius 3 is 2.71 bits per heavy atom. The summed E-state index contributed by atoms with van der Waals surface area (Å²) in [4.78, 5) is 25.2. The molecule has 0 bridgehead atoms. The van der Waals surface area contributed by atoms with Crippen molar-refractivity contribution in [1.29, 1.82) is 0 Å². The molecule has 0 radical (unpaired) electrons. The number of thiazole rings is 2. The van der Waals surface area contributed by atoms with Crippen LogP contribution < -0.4 is 5.32 Å². The van der Waals surface area contributed by atoms with Gasteiger partial charge in [0.2, 0.25) is 5.91 Å². The first-order valence-corrected chi connectivity index (χ1v) is 9.50. The maximum absolute atomic E-state index is 11.9. The topological polar surface area (TPSA) is 67.8 Å². The van der Waals surface area contributed by atoms with Gasteiger partial charge in [-0.1, -0.05) is 6.07 Å². The molecule has 0 fully saturated rings. The fourth-order valence-corrected chi connectivity index (χ4v) is 3.69. The minimum Gasteiger partial charge on any atom is -0.356 e. The first-order valence-electron chi connectivity index (χ1n) is 7.74. The molecule has 3 rings (SSSR count). The van der Waals surface area contributed by atoms with E-state index in [1.54, 1.807) is 28.9 Å². The van der Waals surface area contributed by atoms with Crippen LogP contribution in [-0.2, 0) is 17.6 Å². The van der Waals surface area contributed by atoms with Crippen molar-refractivity contribution in [3.63, 3.8) is 0 Å². The van der Waals surface area contributed by atoms with Gasteiger partial charge in [0.25, 0.3) is 0 Å². The van der Waals surface area contributed by atoms with Crippen LogP contribution in [0.25, 0.3) is 10.7 Å². The lowest BCUT2D eigenvalue weighted by Crippen LogP contribution is -2.26. The quantitative estimate of drug-likeness (QED) is 0.704. The van der Waals surface area contributed by atoms with Crippen LogP contribution in [0.3, 0.4) is 0 Å². The van der Waals surface area contributed by atoms with Gasteiger partial charge in [0.05, 0.1) is 22.1 Å². The molecule has 5 nitrogen and oxygen atoms in total. The molecule has 0 aliphatic rings. The molecule has 3 heterocycles. The van der Waals surface area contributed by atoms with E-state index in [0.29, 0.717) is 19.4 Å². The third-order valence-electron chi connectivity index (χ3n) is 3.41. The summed E-state index contributed by atoms with van der Waals surface area (Å²) in [5.74, 6) is 0.0503. The Bertz CT molecular complexity index is 798. The van der Waals surface area contributed by atoms with Crippen molar-refractivity contribution in [2.24, 2.45) is 0 Å². The van der Waals surface area contributed by atoms with Crippen LogP contribution in [0.5, 0.6) is 0 Å². The Labute approximate surface area is 148 Å². The lowest BCUT2D eigenvalue weighted by molar-refractivity contribution is -0.121. The largest absolute Gasteiger partial charge is 0.356 e. The number of nitrogens with zero attached hydrogens (tertiary/aromatic N) is 3. The number of amides is 1. The number of carbonyl (C=O) groups excluding carboxylic acids is 1. The molecule has 0 saturated heterocycles. The van der Waals surface area contributed by atoms with Crippen LogP contribution in [0.2, 0.25) is 0 Å². The molecule has 0 aliphatic heterocycles. The highest BCUT2D eigenvalue weighted by molar-refractivity contribution is 7.13. The highest BCUT2D eigenvalue weighted by Crippen LogP contribution is 2.21. The lowest BCUT2D eigenvalue weighted by Gasteiger charge is -2.03. The molecule has 124 valence electrons. The van der Waals surface area contributed by atoms with E-state index >= 15 is 0 Å². The van der Waals surface area contributed by atoms with Gasteiger partial charge in [0, 0.05) is 36.3 Å². The number of hydrogen-bond acceptors (Lipinski definition) is 6. The Kier molecular flexibility index (Phi) is 5.66. The van der Waals surface area contributed by atoms with Gasteiger partial charge in [-0.15, -0.1) is 22.7 Å². The van der Waals surface area contributed by atoms with Crippen molar-refractivity contribution in [3.8, 4) is 10.7 Å². The molecule has 0 unspecified atom stereocenters. The molecule has 0 atom stereocenters. The molecule has 3 aromatic rings. The molecule has 7 heteroatoms. The molecule has 1 amide bonds. The number of carbonyl (C=O) groups is 1. The smallest absolute Gasteiger partial charge is 0.220 e. The third-order valence-corrected chi connectivity index (χ3v) is 5.15. The van der Waals surface area contributed by atoms with Gasteiger partial charge in [-0.25, -0.2) is 9.97 Å². The molecular weight excluding hydrogens is 340 g/mol. The van der Waals surface area contributed by atoms with Gasteiger partial charge in [0.15, 0.2) is 0 Å². The van der Waals surface area contributed by atoms with E-state index in [2.05, 4.69) is 20.3 Å². The van der Waals surface area contributed by atoms with E-state index in [-0.39, 0.29) is 5.91 Å². The first-order chi connectivity index (χ1) is 11.7. The van der Waals surface area contributed by atoms with Crippen molar-refractivity contribution in [2.45, 2.75) is 26.2 Å². The Hall–Kier alpha value is -2.12. The zero-order chi connectivity index (χ0) is 16.8. The van der Waals surface area contributed by atoms with Gasteiger partial charge >= 0.3 is 0 Å². The molecule has 0 saturated carbocycles. The summed E-state index contributed by atoms with van der Waals surface area (Å²) in [6, 6.07) is 5.77. The molecule has 1 N–H and O–H groups in total. The standard InChI is InChI=1S/C17H18N4OS2/c1-12-20-14(10-23-12)7-9-19-16(22)6-5-13-11-24-17(21-13)15-4-2-3-8-18-15/h2-4,8,10-11H,5-7,9H2,1H3,(H,19,22). The molecule has 3 aromatic heterocycles. The van der Waals surface area contributed by atoms with E-state index in [1.807, 2.05) is 35.9 Å². The van der Waals surface area contributed by atoms with Gasteiger partial charge in [0.1, 0.15) is 5.01 Å². The second-order valence-electron chi connectivity index (χ2n) is 5.32. The van der Waals surface area contributed by atoms with Crippen LogP contribution in [0, 0.1) is 6.92 Å². The summed E-state index contributed by atoms with van der Waals surface area (Å²) in [5, 5.41) is 8.92. The number of hydrogen-bond donors (Lipinski definition) is 1. The summed E-state index contributed by atoms with van der Waals surface area (Å²) in [5.41, 5.74) is 2.85. The average molecular weight is 358 g/mol. The van der Waals surface area contributed by atoms with Crippen LogP contribution >= 0.6 is 22.7 Å². The predicted octanol–water partition coefficient (Wildman–Crippen LogP) is 3.26. The second kappa shape index (κ2) is 8.12. The highest BCUT2D eigenvalue weighted by Gasteiger charge is 2.08. The number of nitrogens with one attached hydrogen (secondary N) is 1. The Morgan fingerprint density at radius 2 is 1.96 bits per heavy atom. The average Bonchev–Trinajstić information content (AvgIpc) is 3.23. The van der Waals surface area contributed by atoms with Gasteiger partial charge in [-0.2, -0.15) is 0 Å². The van der Waals surface area contributed by atoms with Crippen molar-refractivity contribution >= 4 is 28.6 Å². The summed E-state index contributed by atoms with van der Waals surface area (Å²) < 4.78 is 0. The number of aromatic nitrogens is 3. The summed E-state index contributed by atoms with van der Waals surface area (Å²) in [7, 11) is 0. The van der Waals surface area contributed by atoms with Crippen LogP contribution in [0.1, 0.15) is 22.8 Å². The summed E-state index contributed by atoms with van der Waals surface area (Å²) >= 11 is 3.19. The van der Waals surface area contributed by atoms with Crippen LogP contribution in [0.15, 0.2) is 35.2 Å². The number of pyridine rings is 1. The molecule has 0 aliphatic carbocycles. The molecular formula is C17H18N4OS2. The van der Waals surface area contributed by atoms with Gasteiger partial charge in [-0.3, -0.25) is 9.78 Å². The van der Waals surface area contributed by atoms with E-state index in [9.17, 15) is 4.79 Å². The minimum atomic E-state index is 0.0503. The first kappa shape index (κ1) is 16.7. The maximum Gasteiger partial charge on any atom is 0.220 e. The highest BCUT2D eigenvalue weighted by atomic mass is 32.1. The van der Waals surface area contributed by atoms with E-state index in [1.165, 1.54) is 0 Å². The molecule has 0 spiro atoms. The maximum atomic E-state index is 11.9. The molecule has 0 aromatic carbocycles. The lowest BCUT2D eigenvalue weighted by atomic mass is 10.2. The van der Waals surface area contributed by atoms with Crippen molar-refractivity contribution in [2.75, 3.05) is 6.54 Å². The fourth-order valence-electron chi connectivity index (χ4n) is 2.21. The fraction of sp³-hybridized carbons (Fsp3) is 0.294. The normalized spacial score (nSPS) is 10.7. The predicted molar refractivity (Wildman–Crippen MR) is 97.2 cm³/mol. The van der Waals surface area contributed by atoms with Crippen LogP contribution in [0.4, 0.5) is 0 Å². The second-order valence-corrected chi connectivity index (χ2v) is 7.24. The molecule has 24 heavy (non-hydrogen) atoms. The van der Waals surface area contributed by atoms with Crippen molar-refractivity contribution in [1.82, 2.24) is 20.3 Å². The number of aryl methyl sites for hydroxylation is 2. The Morgan fingerprint density at radius 1 is 1.12 bits per heavy atom. The van der Waals surface area contributed by atoms with E-state index < -0.39 is 0 Å². The zero-order valence-electron chi connectivity index (χ0n) is 13.4. The summed E-state index contributed by atoms with van der Waals surface area (Å²) in [6.07, 6.45) is 3.62. The number of rotatable bonds is 7. The Balaban J connectivity index is 1.42. The van der Waals surface area contributed by atoms with Gasteiger partial charge < -0.3 is 5.32 Å². The SMILES string of the molecule is Cc1nc(CCNC(=O)CCc2csc(-c3ccccn3)n2)cs1. The minimum absolute atomic E-state index is 0.0503.